The van der Waals surface area contributed by atoms with Gasteiger partial charge < -0.3 is 30.0 Å². The van der Waals surface area contributed by atoms with E-state index in [1.807, 2.05) is 41.5 Å². The largest absolute Gasteiger partial charge is 4.00 e. The number of nitrogens with zero attached hydrogens (tertiary/aromatic N) is 4. The molecule has 10 nitrogen and oxygen atoms in total. The molecule has 0 spiro atoms. The summed E-state index contributed by atoms with van der Waals surface area (Å²) < 4.78 is 0. The molecular weight excluding hydrogens is 560 g/mol. The SMILES string of the molecule is CC(C)(C)C1=NC(C(=O)[O-])(C(C)(C)C)N=C1.CC(C)(C)C1=NC(C(=O)[O-])(C(C)(C)C)N=C1.CC(C)[O-].CC(C)[O-].[Ti+4]. The van der Waals surface area contributed by atoms with Crippen LogP contribution in [-0.2, 0) is 31.3 Å². The minimum absolute atomic E-state index is 0. The smallest absolute Gasteiger partial charge is 0.852 e. The Morgan fingerprint density at radius 3 is 0.878 bits per heavy atom. The number of aliphatic carboxylic acids is 2. The van der Waals surface area contributed by atoms with Gasteiger partial charge in [-0.1, -0.05) is 111 Å². The molecule has 0 radical (unpaired) electrons. The molecule has 2 heterocycles. The number of hydrogen-bond donors (Lipinski definition) is 0. The summed E-state index contributed by atoms with van der Waals surface area (Å²) in [4.78, 5) is 39.4. The second kappa shape index (κ2) is 15.6. The van der Waals surface area contributed by atoms with Crippen LogP contribution < -0.4 is 20.4 Å². The summed E-state index contributed by atoms with van der Waals surface area (Å²) in [5, 5.41) is 41.7. The minimum atomic E-state index is -1.48. The van der Waals surface area contributed by atoms with Gasteiger partial charge in [0.15, 0.2) is 11.3 Å². The molecule has 2 aliphatic rings. The zero-order valence-electron chi connectivity index (χ0n) is 28.0. The number of aliphatic imine (C=N–C) groups is 4. The Kier molecular flexibility index (Phi) is 16.7. The molecule has 0 aliphatic carbocycles. The maximum Gasteiger partial charge on any atom is 4.00 e. The van der Waals surface area contributed by atoms with Gasteiger partial charge in [-0.3, -0.25) is 20.0 Å². The molecule has 0 aromatic carbocycles. The van der Waals surface area contributed by atoms with Gasteiger partial charge in [-0.15, -0.1) is 12.2 Å². The molecule has 2 unspecified atom stereocenters. The Hall–Kier alpha value is -1.75. The molecular formula is C30H52N4O6Ti. The van der Waals surface area contributed by atoms with E-state index in [4.69, 9.17) is 0 Å². The van der Waals surface area contributed by atoms with Crippen molar-refractivity contribution in [2.24, 2.45) is 41.6 Å². The van der Waals surface area contributed by atoms with Crippen LogP contribution in [0.15, 0.2) is 20.0 Å². The van der Waals surface area contributed by atoms with E-state index >= 15 is 0 Å². The van der Waals surface area contributed by atoms with Gasteiger partial charge in [0.2, 0.25) is 0 Å². The monoisotopic (exact) mass is 612 g/mol. The van der Waals surface area contributed by atoms with E-state index in [1.54, 1.807) is 81.7 Å². The summed E-state index contributed by atoms with van der Waals surface area (Å²) in [7, 11) is 0. The van der Waals surface area contributed by atoms with Crippen molar-refractivity contribution in [3.63, 3.8) is 0 Å². The average molecular weight is 613 g/mol. The second-order valence-electron chi connectivity index (χ2n) is 14.5. The third kappa shape index (κ3) is 13.0. The fourth-order valence-corrected chi connectivity index (χ4v) is 3.03. The minimum Gasteiger partial charge on any atom is -0.852 e. The van der Waals surface area contributed by atoms with Gasteiger partial charge >= 0.3 is 21.7 Å². The third-order valence-corrected chi connectivity index (χ3v) is 5.51. The molecule has 2 rings (SSSR count). The van der Waals surface area contributed by atoms with Crippen molar-refractivity contribution in [1.82, 2.24) is 0 Å². The topological polar surface area (TPSA) is 176 Å². The van der Waals surface area contributed by atoms with E-state index < -0.39 is 46.3 Å². The van der Waals surface area contributed by atoms with Crippen LogP contribution in [0.2, 0.25) is 0 Å². The first-order valence-corrected chi connectivity index (χ1v) is 13.5. The van der Waals surface area contributed by atoms with Crippen molar-refractivity contribution < 1.29 is 51.7 Å². The second-order valence-corrected chi connectivity index (χ2v) is 14.5. The zero-order chi connectivity index (χ0) is 32.7. The fourth-order valence-electron chi connectivity index (χ4n) is 3.03. The van der Waals surface area contributed by atoms with E-state index in [-0.39, 0.29) is 32.5 Å². The predicted octanol–water partition coefficient (Wildman–Crippen LogP) is 1.61. The van der Waals surface area contributed by atoms with E-state index in [9.17, 15) is 30.0 Å². The van der Waals surface area contributed by atoms with E-state index in [0.29, 0.717) is 11.4 Å². The van der Waals surface area contributed by atoms with Gasteiger partial charge in [-0.2, -0.15) is 0 Å². The summed E-state index contributed by atoms with van der Waals surface area (Å²) in [6.45, 7) is 29.1. The fraction of sp³-hybridized carbons (Fsp3) is 0.800. The van der Waals surface area contributed by atoms with Crippen molar-refractivity contribution >= 4 is 35.8 Å². The maximum atomic E-state index is 11.3. The van der Waals surface area contributed by atoms with Gasteiger partial charge in [0.25, 0.3) is 0 Å². The zero-order valence-corrected chi connectivity index (χ0v) is 29.6. The summed E-state index contributed by atoms with van der Waals surface area (Å²) >= 11 is 0. The van der Waals surface area contributed by atoms with Crippen LogP contribution in [0, 0.1) is 21.7 Å². The first-order chi connectivity index (χ1) is 17.5. The van der Waals surface area contributed by atoms with E-state index in [2.05, 4.69) is 20.0 Å². The number of hydrogen-bond acceptors (Lipinski definition) is 10. The molecule has 11 heteroatoms. The van der Waals surface area contributed by atoms with E-state index in [1.165, 1.54) is 0 Å². The first kappa shape index (κ1) is 43.7. The number of carboxylic acids is 2. The summed E-state index contributed by atoms with van der Waals surface area (Å²) in [5.41, 5.74) is -3.16. The Bertz CT molecular complexity index is 905. The first-order valence-electron chi connectivity index (χ1n) is 13.5. The van der Waals surface area contributed by atoms with Gasteiger partial charge in [-0.05, 0) is 0 Å². The van der Waals surface area contributed by atoms with Crippen molar-refractivity contribution in [3.05, 3.63) is 0 Å². The molecule has 0 fully saturated rings. The molecule has 41 heavy (non-hydrogen) atoms. The molecule has 0 saturated heterocycles. The molecule has 0 saturated carbocycles. The molecule has 232 valence electrons. The predicted molar refractivity (Wildman–Crippen MR) is 155 cm³/mol. The van der Waals surface area contributed by atoms with Crippen molar-refractivity contribution in [2.75, 3.05) is 0 Å². The molecule has 0 aromatic rings. The van der Waals surface area contributed by atoms with Gasteiger partial charge in [0, 0.05) is 34.1 Å². The number of rotatable bonds is 2. The van der Waals surface area contributed by atoms with E-state index in [0.717, 1.165) is 0 Å². The Morgan fingerprint density at radius 1 is 0.610 bits per heavy atom. The van der Waals surface area contributed by atoms with Crippen molar-refractivity contribution in [1.29, 1.82) is 0 Å². The van der Waals surface area contributed by atoms with Crippen molar-refractivity contribution in [2.45, 2.75) is 134 Å². The van der Waals surface area contributed by atoms with Crippen LogP contribution in [-0.4, -0.2) is 59.3 Å². The van der Waals surface area contributed by atoms with Crippen LogP contribution in [0.1, 0.15) is 111 Å². The van der Waals surface area contributed by atoms with Gasteiger partial charge in [0.1, 0.15) is 0 Å². The van der Waals surface area contributed by atoms with Crippen LogP contribution in [0.25, 0.3) is 0 Å². The maximum absolute atomic E-state index is 11.3. The van der Waals surface area contributed by atoms with Crippen LogP contribution in [0.4, 0.5) is 0 Å². The summed E-state index contributed by atoms with van der Waals surface area (Å²) in [6.07, 6.45) is 2.28. The molecule has 2 atom stereocenters. The number of carbonyl (C=O) groups excluding carboxylic acids is 2. The molecule has 2 aliphatic heterocycles. The number of carboxylic acid groups (broad SMARTS) is 2. The standard InChI is InChI=1S/2C12H20N2O2.2C3H7O.Ti/c2*1-10(2,3)8-7-13-12(14-8,9(15)16)11(4,5)6;2*1-3(2)4;/h2*7H,1-6H3,(H,15,16);2*3H,1-2H3;/q;;2*-1;+4/p-2. The number of carbonyl (C=O) groups is 2. The van der Waals surface area contributed by atoms with Crippen molar-refractivity contribution in [3.8, 4) is 0 Å². The Balaban J connectivity index is -0.000000548. The summed E-state index contributed by atoms with van der Waals surface area (Å²) in [5.74, 6) is -2.48. The molecule has 0 amide bonds. The normalized spacial score (nSPS) is 21.9. The quantitative estimate of drug-likeness (QED) is 0.428. The van der Waals surface area contributed by atoms with Crippen LogP contribution in [0.3, 0.4) is 0 Å². The molecule has 0 aromatic heterocycles. The van der Waals surface area contributed by atoms with Crippen LogP contribution in [0.5, 0.6) is 0 Å². The Labute approximate surface area is 262 Å². The summed E-state index contributed by atoms with van der Waals surface area (Å²) in [6, 6.07) is 0. The van der Waals surface area contributed by atoms with Crippen LogP contribution >= 0.6 is 0 Å². The Morgan fingerprint density at radius 2 is 0.805 bits per heavy atom. The molecule has 0 N–H and O–H groups in total. The third-order valence-electron chi connectivity index (χ3n) is 5.51. The van der Waals surface area contributed by atoms with Gasteiger partial charge in [-0.25, -0.2) is 0 Å². The average Bonchev–Trinajstić information content (AvgIpc) is 3.33. The van der Waals surface area contributed by atoms with Gasteiger partial charge in [0.05, 0.1) is 23.4 Å². The molecule has 0 bridgehead atoms.